The zero-order chi connectivity index (χ0) is 19.0. The molecule has 0 aliphatic carbocycles. The minimum absolute atomic E-state index is 0.0117. The van der Waals surface area contributed by atoms with Crippen LogP contribution in [0.5, 0.6) is 5.75 Å². The molecule has 0 saturated carbocycles. The van der Waals surface area contributed by atoms with Gasteiger partial charge in [0.25, 0.3) is 11.5 Å². The average Bonchev–Trinajstić information content (AvgIpc) is 3.17. The molecule has 4 heterocycles. The van der Waals surface area contributed by atoms with Crippen molar-refractivity contribution in [2.45, 2.75) is 32.2 Å². The highest BCUT2D eigenvalue weighted by Crippen LogP contribution is 2.26. The van der Waals surface area contributed by atoms with Gasteiger partial charge in [-0.3, -0.25) is 14.0 Å². The number of imidazole rings is 1. The van der Waals surface area contributed by atoms with Gasteiger partial charge in [0, 0.05) is 50.3 Å². The number of pyridine rings is 1. The molecule has 4 rings (SSSR count). The highest BCUT2D eigenvalue weighted by atomic mass is 16.3. The maximum atomic E-state index is 13.0. The van der Waals surface area contributed by atoms with Crippen LogP contribution in [0.25, 0.3) is 5.65 Å². The van der Waals surface area contributed by atoms with Gasteiger partial charge in [-0.15, -0.1) is 0 Å². The molecule has 1 atom stereocenters. The number of carbonyl (C=O) groups is 1. The number of rotatable bonds is 3. The van der Waals surface area contributed by atoms with Gasteiger partial charge in [0.2, 0.25) is 0 Å². The maximum Gasteiger partial charge on any atom is 0.270 e. The van der Waals surface area contributed by atoms with Crippen LogP contribution < -0.4 is 5.56 Å². The number of nitrogens with zero attached hydrogens (tertiary/aromatic N) is 5. The molecule has 8 heteroatoms. The fraction of sp³-hybridized carbons (Fsp3) is 0.368. The summed E-state index contributed by atoms with van der Waals surface area (Å²) in [6, 6.07) is 3.00. The Morgan fingerprint density at radius 3 is 3.00 bits per heavy atom. The van der Waals surface area contributed by atoms with Crippen molar-refractivity contribution in [1.82, 2.24) is 23.8 Å². The first-order chi connectivity index (χ1) is 13.1. The van der Waals surface area contributed by atoms with E-state index in [1.165, 1.54) is 22.9 Å². The number of hydrogen-bond donors (Lipinski definition) is 1. The van der Waals surface area contributed by atoms with Crippen molar-refractivity contribution in [1.29, 1.82) is 0 Å². The first-order valence-electron chi connectivity index (χ1n) is 9.09. The van der Waals surface area contributed by atoms with E-state index >= 15 is 0 Å². The van der Waals surface area contributed by atoms with Crippen LogP contribution in [0.1, 0.15) is 41.9 Å². The minimum Gasteiger partial charge on any atom is -0.504 e. The highest BCUT2D eigenvalue weighted by molar-refractivity contribution is 5.94. The molecule has 140 valence electrons. The van der Waals surface area contributed by atoms with Crippen molar-refractivity contribution in [2.75, 3.05) is 13.1 Å². The van der Waals surface area contributed by atoms with E-state index in [1.54, 1.807) is 17.2 Å². The summed E-state index contributed by atoms with van der Waals surface area (Å²) in [7, 11) is 0. The molecule has 0 radical (unpaired) electrons. The van der Waals surface area contributed by atoms with Crippen molar-refractivity contribution >= 4 is 11.6 Å². The van der Waals surface area contributed by atoms with Gasteiger partial charge in [0.15, 0.2) is 11.4 Å². The SMILES string of the molecule is CCn1ccnc1C1CCCN(C(=O)c2cnc3c(O)cccn3c2=O)C1. The summed E-state index contributed by atoms with van der Waals surface area (Å²) in [5, 5.41) is 9.84. The minimum atomic E-state index is -0.474. The molecule has 27 heavy (non-hydrogen) atoms. The standard InChI is InChI=1S/C19H21N5O3/c1-2-22-10-7-20-16(22)13-5-3-8-23(12-13)18(26)14-11-21-17-15(25)6-4-9-24(17)19(14)27/h4,6-7,9-11,13,25H,2-3,5,8,12H2,1H3. The molecular formula is C19H21N5O3. The highest BCUT2D eigenvalue weighted by Gasteiger charge is 2.29. The smallest absolute Gasteiger partial charge is 0.270 e. The number of aromatic hydroxyl groups is 1. The Morgan fingerprint density at radius 1 is 1.33 bits per heavy atom. The molecule has 1 unspecified atom stereocenters. The van der Waals surface area contributed by atoms with E-state index in [9.17, 15) is 14.7 Å². The van der Waals surface area contributed by atoms with E-state index in [0.717, 1.165) is 25.2 Å². The lowest BCUT2D eigenvalue weighted by Gasteiger charge is -2.32. The second kappa shape index (κ2) is 6.86. The molecule has 1 fully saturated rings. The first-order valence-corrected chi connectivity index (χ1v) is 9.09. The summed E-state index contributed by atoms with van der Waals surface area (Å²) in [5.74, 6) is 0.703. The Balaban J connectivity index is 1.64. The second-order valence-electron chi connectivity index (χ2n) is 6.73. The van der Waals surface area contributed by atoms with E-state index < -0.39 is 5.56 Å². The first kappa shape index (κ1) is 17.3. The van der Waals surface area contributed by atoms with Gasteiger partial charge in [-0.25, -0.2) is 9.97 Å². The van der Waals surface area contributed by atoms with Crippen LogP contribution in [0, 0.1) is 0 Å². The van der Waals surface area contributed by atoms with E-state index in [1.807, 2.05) is 6.20 Å². The summed E-state index contributed by atoms with van der Waals surface area (Å²) >= 11 is 0. The van der Waals surface area contributed by atoms with Crippen LogP contribution >= 0.6 is 0 Å². The molecule has 8 nitrogen and oxygen atoms in total. The van der Waals surface area contributed by atoms with Crippen LogP contribution in [-0.2, 0) is 6.54 Å². The van der Waals surface area contributed by atoms with E-state index in [0.29, 0.717) is 13.1 Å². The topological polar surface area (TPSA) is 92.7 Å². The molecule has 1 aliphatic heterocycles. The number of aromatic nitrogens is 4. The average molecular weight is 367 g/mol. The summed E-state index contributed by atoms with van der Waals surface area (Å²) in [4.78, 5) is 36.0. The third-order valence-corrected chi connectivity index (χ3v) is 5.10. The molecule has 3 aromatic heterocycles. The van der Waals surface area contributed by atoms with Crippen molar-refractivity contribution in [3.63, 3.8) is 0 Å². The summed E-state index contributed by atoms with van der Waals surface area (Å²) in [6.45, 7) is 4.02. The predicted octanol–water partition coefficient (Wildman–Crippen LogP) is 1.64. The van der Waals surface area contributed by atoms with Crippen molar-refractivity contribution < 1.29 is 9.90 Å². The predicted molar refractivity (Wildman–Crippen MR) is 98.9 cm³/mol. The number of piperidine rings is 1. The third kappa shape index (κ3) is 2.97. The van der Waals surface area contributed by atoms with Crippen LogP contribution in [0.15, 0.2) is 41.7 Å². The fourth-order valence-electron chi connectivity index (χ4n) is 3.73. The molecule has 0 aromatic carbocycles. The molecule has 0 bridgehead atoms. The second-order valence-corrected chi connectivity index (χ2v) is 6.73. The fourth-order valence-corrected chi connectivity index (χ4v) is 3.73. The van der Waals surface area contributed by atoms with Crippen LogP contribution in [-0.4, -0.2) is 47.9 Å². The Bertz CT molecular complexity index is 1050. The molecule has 1 saturated heterocycles. The Morgan fingerprint density at radius 2 is 2.19 bits per heavy atom. The lowest BCUT2D eigenvalue weighted by molar-refractivity contribution is 0.0701. The quantitative estimate of drug-likeness (QED) is 0.760. The van der Waals surface area contributed by atoms with Crippen LogP contribution in [0.3, 0.4) is 0 Å². The largest absolute Gasteiger partial charge is 0.504 e. The lowest BCUT2D eigenvalue weighted by Crippen LogP contribution is -2.42. The summed E-state index contributed by atoms with van der Waals surface area (Å²) in [6.07, 6.45) is 8.31. The lowest BCUT2D eigenvalue weighted by atomic mass is 9.96. The molecular weight excluding hydrogens is 346 g/mol. The van der Waals surface area contributed by atoms with Crippen LogP contribution in [0.4, 0.5) is 0 Å². The Labute approximate surface area is 155 Å². The maximum absolute atomic E-state index is 13.0. The molecule has 0 spiro atoms. The zero-order valence-corrected chi connectivity index (χ0v) is 15.1. The number of carbonyl (C=O) groups excluding carboxylic acids is 1. The molecule has 3 aromatic rings. The van der Waals surface area contributed by atoms with Crippen molar-refractivity contribution in [2.24, 2.45) is 0 Å². The van der Waals surface area contributed by atoms with E-state index in [2.05, 4.69) is 21.5 Å². The molecule has 1 N–H and O–H groups in total. The number of hydrogen-bond acceptors (Lipinski definition) is 5. The normalized spacial score (nSPS) is 17.4. The Kier molecular flexibility index (Phi) is 4.39. The number of likely N-dealkylation sites (tertiary alicyclic amines) is 1. The van der Waals surface area contributed by atoms with Gasteiger partial charge in [0.1, 0.15) is 11.4 Å². The van der Waals surface area contributed by atoms with Gasteiger partial charge in [-0.2, -0.15) is 0 Å². The van der Waals surface area contributed by atoms with Crippen LogP contribution in [0.2, 0.25) is 0 Å². The number of amides is 1. The summed E-state index contributed by atoms with van der Waals surface area (Å²) < 4.78 is 3.29. The van der Waals surface area contributed by atoms with Crippen molar-refractivity contribution in [3.8, 4) is 5.75 Å². The third-order valence-electron chi connectivity index (χ3n) is 5.10. The molecule has 1 aliphatic rings. The van der Waals surface area contributed by atoms with Gasteiger partial charge in [-0.1, -0.05) is 0 Å². The number of fused-ring (bicyclic) bond motifs is 1. The van der Waals surface area contributed by atoms with Gasteiger partial charge in [-0.05, 0) is 31.9 Å². The Hall–Kier alpha value is -3.16. The summed E-state index contributed by atoms with van der Waals surface area (Å²) in [5.41, 5.74) is -0.323. The van der Waals surface area contributed by atoms with Gasteiger partial charge >= 0.3 is 0 Å². The van der Waals surface area contributed by atoms with Gasteiger partial charge in [0.05, 0.1) is 0 Å². The molecule has 1 amide bonds. The zero-order valence-electron chi connectivity index (χ0n) is 15.1. The van der Waals surface area contributed by atoms with Gasteiger partial charge < -0.3 is 14.6 Å². The van der Waals surface area contributed by atoms with E-state index in [4.69, 9.17) is 0 Å². The van der Waals surface area contributed by atoms with Crippen molar-refractivity contribution in [3.05, 3.63) is 58.7 Å². The van der Waals surface area contributed by atoms with E-state index in [-0.39, 0.29) is 28.8 Å². The monoisotopic (exact) mass is 367 g/mol. The number of aryl methyl sites for hydroxylation is 1.